The Labute approximate surface area is 160 Å². The first kappa shape index (κ1) is 18.9. The van der Waals surface area contributed by atoms with Gasteiger partial charge in [-0.05, 0) is 25.0 Å². The van der Waals surface area contributed by atoms with Crippen molar-refractivity contribution in [2.24, 2.45) is 5.92 Å². The highest BCUT2D eigenvalue weighted by atomic mass is 16.5. The lowest BCUT2D eigenvalue weighted by Crippen LogP contribution is -2.38. The number of rotatable bonds is 6. The van der Waals surface area contributed by atoms with Crippen LogP contribution in [0.1, 0.15) is 12.8 Å². The van der Waals surface area contributed by atoms with E-state index in [1.54, 1.807) is 33.5 Å². The molecule has 27 heavy (non-hydrogen) atoms. The quantitative estimate of drug-likeness (QED) is 0.842. The molecule has 144 valence electrons. The van der Waals surface area contributed by atoms with Crippen molar-refractivity contribution in [3.05, 3.63) is 42.5 Å². The summed E-state index contributed by atoms with van der Waals surface area (Å²) in [5.74, 6) is 1.56. The molecular weight excluding hydrogens is 344 g/mol. The molecule has 0 unspecified atom stereocenters. The van der Waals surface area contributed by atoms with Gasteiger partial charge in [-0.3, -0.25) is 4.79 Å². The Morgan fingerprint density at radius 3 is 2.07 bits per heavy atom. The van der Waals surface area contributed by atoms with Crippen LogP contribution in [0.4, 0.5) is 11.4 Å². The lowest BCUT2D eigenvalue weighted by molar-refractivity contribution is -0.120. The number of ether oxygens (including phenoxy) is 3. The van der Waals surface area contributed by atoms with Gasteiger partial charge in [-0.2, -0.15) is 0 Å². The number of piperidine rings is 1. The molecule has 2 aromatic carbocycles. The Hall–Kier alpha value is -2.89. The van der Waals surface area contributed by atoms with Gasteiger partial charge < -0.3 is 24.4 Å². The van der Waals surface area contributed by atoms with E-state index in [0.29, 0.717) is 22.9 Å². The number of nitrogens with one attached hydrogen (secondary N) is 1. The van der Waals surface area contributed by atoms with Gasteiger partial charge in [0.25, 0.3) is 0 Å². The van der Waals surface area contributed by atoms with Gasteiger partial charge in [-0.25, -0.2) is 0 Å². The summed E-state index contributed by atoms with van der Waals surface area (Å²) in [4.78, 5) is 15.0. The maximum Gasteiger partial charge on any atom is 0.227 e. The Bertz CT molecular complexity index is 746. The fraction of sp³-hybridized carbons (Fsp3) is 0.381. The maximum absolute atomic E-state index is 12.7. The average molecular weight is 370 g/mol. The van der Waals surface area contributed by atoms with Gasteiger partial charge in [0.15, 0.2) is 11.5 Å². The molecule has 1 amide bonds. The van der Waals surface area contributed by atoms with E-state index in [2.05, 4.69) is 22.3 Å². The van der Waals surface area contributed by atoms with Gasteiger partial charge >= 0.3 is 0 Å². The molecule has 0 aromatic heterocycles. The zero-order valence-corrected chi connectivity index (χ0v) is 16.0. The first-order valence-electron chi connectivity index (χ1n) is 9.07. The molecule has 0 bridgehead atoms. The Kier molecular flexibility index (Phi) is 6.06. The number of nitrogens with zero attached hydrogens (tertiary/aromatic N) is 1. The maximum atomic E-state index is 12.7. The van der Waals surface area contributed by atoms with E-state index in [1.165, 1.54) is 5.69 Å². The predicted octanol–water partition coefficient (Wildman–Crippen LogP) is 3.57. The fourth-order valence-electron chi connectivity index (χ4n) is 3.44. The van der Waals surface area contributed by atoms with Crippen LogP contribution in [0.15, 0.2) is 42.5 Å². The number of carbonyl (C=O) groups excluding carboxylic acids is 1. The van der Waals surface area contributed by atoms with Gasteiger partial charge in [0.2, 0.25) is 11.7 Å². The van der Waals surface area contributed by atoms with Crippen LogP contribution in [0.25, 0.3) is 0 Å². The molecule has 1 N–H and O–H groups in total. The summed E-state index contributed by atoms with van der Waals surface area (Å²) in [6.45, 7) is 1.74. The van der Waals surface area contributed by atoms with Crippen molar-refractivity contribution in [3.8, 4) is 17.2 Å². The molecule has 1 aliphatic rings. The molecular formula is C21H26N2O4. The first-order valence-corrected chi connectivity index (χ1v) is 9.07. The van der Waals surface area contributed by atoms with E-state index in [9.17, 15) is 4.79 Å². The minimum absolute atomic E-state index is 0.0101. The van der Waals surface area contributed by atoms with Crippen LogP contribution < -0.4 is 24.4 Å². The second kappa shape index (κ2) is 8.66. The summed E-state index contributed by atoms with van der Waals surface area (Å²) in [5, 5.41) is 2.99. The van der Waals surface area contributed by atoms with Crippen LogP contribution in [-0.2, 0) is 4.79 Å². The van der Waals surface area contributed by atoms with Crippen molar-refractivity contribution in [2.75, 3.05) is 44.6 Å². The number of carbonyl (C=O) groups is 1. The lowest BCUT2D eigenvalue weighted by Gasteiger charge is -2.33. The molecule has 2 aromatic rings. The van der Waals surface area contributed by atoms with E-state index in [1.807, 2.05) is 18.2 Å². The van der Waals surface area contributed by atoms with Crippen LogP contribution >= 0.6 is 0 Å². The number of hydrogen-bond acceptors (Lipinski definition) is 5. The van der Waals surface area contributed by atoms with Gasteiger partial charge in [0.05, 0.1) is 21.3 Å². The molecule has 0 spiro atoms. The summed E-state index contributed by atoms with van der Waals surface area (Å²) in [7, 11) is 4.67. The van der Waals surface area contributed by atoms with Gasteiger partial charge in [-0.1, -0.05) is 18.2 Å². The predicted molar refractivity (Wildman–Crippen MR) is 106 cm³/mol. The highest BCUT2D eigenvalue weighted by Gasteiger charge is 2.25. The molecule has 3 rings (SSSR count). The first-order chi connectivity index (χ1) is 13.2. The van der Waals surface area contributed by atoms with E-state index < -0.39 is 0 Å². The minimum Gasteiger partial charge on any atom is -0.493 e. The SMILES string of the molecule is COc1cc(NC(=O)C2CCN(c3ccccc3)CC2)cc(OC)c1OC. The normalized spacial score (nSPS) is 14.6. The third-order valence-electron chi connectivity index (χ3n) is 4.92. The van der Waals surface area contributed by atoms with Crippen molar-refractivity contribution in [2.45, 2.75) is 12.8 Å². The molecule has 1 saturated heterocycles. The zero-order valence-electron chi connectivity index (χ0n) is 16.0. The Morgan fingerprint density at radius 2 is 1.56 bits per heavy atom. The highest BCUT2D eigenvalue weighted by molar-refractivity contribution is 5.93. The van der Waals surface area contributed by atoms with Crippen molar-refractivity contribution < 1.29 is 19.0 Å². The van der Waals surface area contributed by atoms with E-state index in [0.717, 1.165) is 25.9 Å². The molecule has 1 heterocycles. The monoisotopic (exact) mass is 370 g/mol. The smallest absolute Gasteiger partial charge is 0.227 e. The van der Waals surface area contributed by atoms with Crippen molar-refractivity contribution in [3.63, 3.8) is 0 Å². The van der Waals surface area contributed by atoms with E-state index in [4.69, 9.17) is 14.2 Å². The van der Waals surface area contributed by atoms with Crippen LogP contribution in [-0.4, -0.2) is 40.3 Å². The molecule has 1 fully saturated rings. The molecule has 0 saturated carbocycles. The number of para-hydroxylation sites is 1. The third-order valence-corrected chi connectivity index (χ3v) is 4.92. The van der Waals surface area contributed by atoms with Gasteiger partial charge in [-0.15, -0.1) is 0 Å². The largest absolute Gasteiger partial charge is 0.493 e. The van der Waals surface area contributed by atoms with Gasteiger partial charge in [0.1, 0.15) is 0 Å². The van der Waals surface area contributed by atoms with Crippen molar-refractivity contribution in [1.29, 1.82) is 0 Å². The lowest BCUT2D eigenvalue weighted by atomic mass is 9.95. The second-order valence-corrected chi connectivity index (χ2v) is 6.50. The number of amides is 1. The van der Waals surface area contributed by atoms with Crippen LogP contribution in [0.5, 0.6) is 17.2 Å². The minimum atomic E-state index is -0.0101. The summed E-state index contributed by atoms with van der Waals surface area (Å²) in [5.41, 5.74) is 1.85. The molecule has 6 heteroatoms. The van der Waals surface area contributed by atoms with E-state index >= 15 is 0 Å². The Balaban J connectivity index is 1.64. The Morgan fingerprint density at radius 1 is 0.963 bits per heavy atom. The van der Waals surface area contributed by atoms with E-state index in [-0.39, 0.29) is 11.8 Å². The zero-order chi connectivity index (χ0) is 19.2. The average Bonchev–Trinajstić information content (AvgIpc) is 2.73. The molecule has 6 nitrogen and oxygen atoms in total. The summed E-state index contributed by atoms with van der Waals surface area (Å²) in [6, 6.07) is 13.8. The van der Waals surface area contributed by atoms with Crippen molar-refractivity contribution in [1.82, 2.24) is 0 Å². The number of hydrogen-bond donors (Lipinski definition) is 1. The molecule has 0 radical (unpaired) electrons. The number of methoxy groups -OCH3 is 3. The highest BCUT2D eigenvalue weighted by Crippen LogP contribution is 2.40. The second-order valence-electron chi connectivity index (χ2n) is 6.50. The van der Waals surface area contributed by atoms with Gasteiger partial charge in [0, 0.05) is 42.5 Å². The summed E-state index contributed by atoms with van der Waals surface area (Å²) >= 11 is 0. The topological polar surface area (TPSA) is 60.0 Å². The summed E-state index contributed by atoms with van der Waals surface area (Å²) in [6.07, 6.45) is 1.65. The summed E-state index contributed by atoms with van der Waals surface area (Å²) < 4.78 is 16.0. The fourth-order valence-corrected chi connectivity index (χ4v) is 3.44. The van der Waals surface area contributed by atoms with Crippen LogP contribution in [0.2, 0.25) is 0 Å². The van der Waals surface area contributed by atoms with Crippen molar-refractivity contribution >= 4 is 17.3 Å². The third kappa shape index (κ3) is 4.27. The molecule has 0 aliphatic carbocycles. The number of anilines is 2. The van der Waals surface area contributed by atoms with Crippen LogP contribution in [0, 0.1) is 5.92 Å². The molecule has 1 aliphatic heterocycles. The number of benzene rings is 2. The molecule has 0 atom stereocenters. The van der Waals surface area contributed by atoms with Crippen LogP contribution in [0.3, 0.4) is 0 Å². The standard InChI is InChI=1S/C21H26N2O4/c1-25-18-13-16(14-19(26-2)20(18)27-3)22-21(24)15-9-11-23(12-10-15)17-7-5-4-6-8-17/h4-8,13-15H,9-12H2,1-3H3,(H,22,24).